The number of hydrogen-bond donors (Lipinski definition) is 0. The monoisotopic (exact) mass is 233 g/mol. The van der Waals surface area contributed by atoms with Crippen molar-refractivity contribution < 1.29 is 21.6 Å². The molecule has 0 aromatic heterocycles. The van der Waals surface area contributed by atoms with E-state index in [2.05, 4.69) is 29.9 Å². The number of hydrogen-bond acceptors (Lipinski definition) is 1. The van der Waals surface area contributed by atoms with Crippen molar-refractivity contribution in [2.75, 3.05) is 6.54 Å². The number of halogens is 1. The molecule has 0 N–H and O–H groups in total. The predicted molar refractivity (Wildman–Crippen MR) is 46.5 cm³/mol. The average molecular weight is 234 g/mol. The van der Waals surface area contributed by atoms with E-state index < -0.39 is 0 Å². The maximum Gasteiger partial charge on any atom is 0.204 e. The Balaban J connectivity index is 0.000001000. The van der Waals surface area contributed by atoms with E-state index in [0.717, 1.165) is 6.54 Å². The third-order valence-electron chi connectivity index (χ3n) is 1.89. The molecule has 0 amide bonds. The van der Waals surface area contributed by atoms with Crippen LogP contribution in [0.5, 0.6) is 0 Å². The lowest BCUT2D eigenvalue weighted by Gasteiger charge is -2.04. The van der Waals surface area contributed by atoms with Crippen LogP contribution < -0.4 is 17.0 Å². The molecule has 11 heavy (non-hydrogen) atoms. The van der Waals surface area contributed by atoms with Crippen LogP contribution in [0.4, 0.5) is 0 Å². The lowest BCUT2D eigenvalue weighted by atomic mass is 10.2. The third kappa shape index (κ3) is 2.53. The zero-order chi connectivity index (χ0) is 7.56. The van der Waals surface area contributed by atoms with Gasteiger partial charge in [0.1, 0.15) is 0 Å². The van der Waals surface area contributed by atoms with Gasteiger partial charge in [0.25, 0.3) is 0 Å². The summed E-state index contributed by atoms with van der Waals surface area (Å²) in [6, 6.07) is 0.598. The third-order valence-corrected chi connectivity index (χ3v) is 3.10. The SMILES string of the molecule is C#CC[N+]1=CSC(C)C1C.[Br-]. The van der Waals surface area contributed by atoms with Gasteiger partial charge < -0.3 is 17.0 Å². The highest BCUT2D eigenvalue weighted by Crippen LogP contribution is 2.19. The molecule has 0 fully saturated rings. The molecule has 0 radical (unpaired) electrons. The van der Waals surface area contributed by atoms with Gasteiger partial charge in [-0.2, -0.15) is 0 Å². The first-order chi connectivity index (χ1) is 4.75. The predicted octanol–water partition coefficient (Wildman–Crippen LogP) is -1.81. The first-order valence-corrected chi connectivity index (χ1v) is 4.38. The van der Waals surface area contributed by atoms with E-state index in [0.29, 0.717) is 11.3 Å². The molecule has 0 aromatic rings. The van der Waals surface area contributed by atoms with Gasteiger partial charge in [-0.05, 0) is 19.8 Å². The standard InChI is InChI=1S/C8H12NS.BrH/c1-4-5-9-6-10-8(3)7(9)2;/h1,6-8H,5H2,2-3H3;1H/q+1;/p-1. The Labute approximate surface area is 83.0 Å². The van der Waals surface area contributed by atoms with Gasteiger partial charge in [0, 0.05) is 0 Å². The second kappa shape index (κ2) is 4.84. The zero-order valence-corrected chi connectivity index (χ0v) is 9.15. The molecule has 1 aliphatic heterocycles. The normalized spacial score (nSPS) is 28.6. The molecule has 0 aromatic carbocycles. The second-order valence-electron chi connectivity index (χ2n) is 2.56. The van der Waals surface area contributed by atoms with Crippen molar-refractivity contribution >= 4 is 17.3 Å². The zero-order valence-electron chi connectivity index (χ0n) is 6.75. The smallest absolute Gasteiger partial charge is 0.204 e. The van der Waals surface area contributed by atoms with Gasteiger partial charge in [-0.25, -0.2) is 4.58 Å². The second-order valence-corrected chi connectivity index (χ2v) is 3.79. The fraction of sp³-hybridized carbons (Fsp3) is 0.625. The van der Waals surface area contributed by atoms with Gasteiger partial charge >= 0.3 is 0 Å². The fourth-order valence-electron chi connectivity index (χ4n) is 0.940. The van der Waals surface area contributed by atoms with Gasteiger partial charge in [0.05, 0.1) is 5.25 Å². The topological polar surface area (TPSA) is 3.01 Å². The largest absolute Gasteiger partial charge is 1.00 e. The van der Waals surface area contributed by atoms with Crippen molar-refractivity contribution in [3.8, 4) is 12.3 Å². The highest BCUT2D eigenvalue weighted by Gasteiger charge is 2.28. The minimum Gasteiger partial charge on any atom is -1.00 e. The highest BCUT2D eigenvalue weighted by molar-refractivity contribution is 8.12. The molecular formula is C8H12BrNS. The van der Waals surface area contributed by atoms with Crippen LogP contribution in [0.3, 0.4) is 0 Å². The van der Waals surface area contributed by atoms with Crippen molar-refractivity contribution in [1.82, 2.24) is 0 Å². The van der Waals surface area contributed by atoms with Crippen LogP contribution in [0.1, 0.15) is 13.8 Å². The molecule has 0 spiro atoms. The molecule has 1 rings (SSSR count). The Kier molecular flexibility index (Phi) is 4.87. The van der Waals surface area contributed by atoms with Crippen molar-refractivity contribution in [2.45, 2.75) is 25.1 Å². The first kappa shape index (κ1) is 11.1. The van der Waals surface area contributed by atoms with E-state index in [1.165, 1.54) is 0 Å². The van der Waals surface area contributed by atoms with E-state index in [1.807, 2.05) is 11.8 Å². The molecule has 1 aliphatic rings. The van der Waals surface area contributed by atoms with Crippen molar-refractivity contribution in [3.63, 3.8) is 0 Å². The molecule has 0 aliphatic carbocycles. The van der Waals surface area contributed by atoms with Crippen molar-refractivity contribution in [3.05, 3.63) is 0 Å². The van der Waals surface area contributed by atoms with E-state index in [-0.39, 0.29) is 17.0 Å². The van der Waals surface area contributed by atoms with Crippen molar-refractivity contribution in [2.24, 2.45) is 0 Å². The summed E-state index contributed by atoms with van der Waals surface area (Å²) in [5.41, 5.74) is 2.13. The maximum absolute atomic E-state index is 5.20. The minimum atomic E-state index is 0. The minimum absolute atomic E-state index is 0. The molecule has 3 heteroatoms. The van der Waals surface area contributed by atoms with Crippen LogP contribution in [-0.2, 0) is 0 Å². The van der Waals surface area contributed by atoms with E-state index in [1.54, 1.807) is 0 Å². The summed E-state index contributed by atoms with van der Waals surface area (Å²) in [5, 5.41) is 0.688. The van der Waals surface area contributed by atoms with Gasteiger partial charge in [-0.3, -0.25) is 0 Å². The summed E-state index contributed by atoms with van der Waals surface area (Å²) in [5.74, 6) is 2.64. The lowest BCUT2D eigenvalue weighted by Crippen LogP contribution is -3.00. The van der Waals surface area contributed by atoms with Crippen LogP contribution in [0.25, 0.3) is 0 Å². The molecule has 2 unspecified atom stereocenters. The quantitative estimate of drug-likeness (QED) is 0.382. The van der Waals surface area contributed by atoms with Gasteiger partial charge in [-0.15, -0.1) is 6.42 Å². The molecule has 1 heterocycles. The number of terminal acetylenes is 1. The van der Waals surface area contributed by atoms with Crippen LogP contribution in [0.15, 0.2) is 0 Å². The van der Waals surface area contributed by atoms with Crippen molar-refractivity contribution in [1.29, 1.82) is 0 Å². The molecule has 0 bridgehead atoms. The molecule has 2 atom stereocenters. The van der Waals surface area contributed by atoms with Crippen LogP contribution in [-0.4, -0.2) is 28.0 Å². The summed E-state index contributed by atoms with van der Waals surface area (Å²) in [4.78, 5) is 0. The highest BCUT2D eigenvalue weighted by atomic mass is 79.9. The summed E-state index contributed by atoms with van der Waals surface area (Å²) in [7, 11) is 0. The summed E-state index contributed by atoms with van der Waals surface area (Å²) >= 11 is 1.86. The summed E-state index contributed by atoms with van der Waals surface area (Å²) in [6.07, 6.45) is 5.20. The summed E-state index contributed by atoms with van der Waals surface area (Å²) in [6.45, 7) is 5.18. The molecule has 62 valence electrons. The first-order valence-electron chi connectivity index (χ1n) is 3.43. The Hall–Kier alpha value is 0.0600. The Morgan fingerprint density at radius 2 is 2.27 bits per heavy atom. The number of rotatable bonds is 1. The van der Waals surface area contributed by atoms with E-state index >= 15 is 0 Å². The van der Waals surface area contributed by atoms with Crippen LogP contribution in [0.2, 0.25) is 0 Å². The van der Waals surface area contributed by atoms with Crippen LogP contribution in [0, 0.1) is 12.3 Å². The maximum atomic E-state index is 5.20. The Bertz CT molecular complexity index is 195. The number of nitrogens with zero attached hydrogens (tertiary/aromatic N) is 1. The van der Waals surface area contributed by atoms with Gasteiger partial charge in [0.15, 0.2) is 11.6 Å². The fourth-order valence-corrected chi connectivity index (χ4v) is 1.94. The molecular weight excluding hydrogens is 222 g/mol. The van der Waals surface area contributed by atoms with Gasteiger partial charge in [0.2, 0.25) is 6.54 Å². The number of thioether (sulfide) groups is 1. The van der Waals surface area contributed by atoms with E-state index in [9.17, 15) is 0 Å². The Morgan fingerprint density at radius 3 is 2.64 bits per heavy atom. The molecule has 1 nitrogen and oxygen atoms in total. The summed E-state index contributed by atoms with van der Waals surface area (Å²) < 4.78 is 2.20. The van der Waals surface area contributed by atoms with E-state index in [4.69, 9.17) is 6.42 Å². The van der Waals surface area contributed by atoms with Crippen LogP contribution >= 0.6 is 11.8 Å². The molecule has 0 saturated carbocycles. The average Bonchev–Trinajstić information content (AvgIpc) is 2.20. The molecule has 0 saturated heterocycles. The Morgan fingerprint density at radius 1 is 1.64 bits per heavy atom. The lowest BCUT2D eigenvalue weighted by molar-refractivity contribution is -0.540. The van der Waals surface area contributed by atoms with Gasteiger partial charge in [-0.1, -0.05) is 11.8 Å².